The number of nitrogens with zero attached hydrogens (tertiary/aromatic N) is 1. The summed E-state index contributed by atoms with van der Waals surface area (Å²) >= 11 is 0. The van der Waals surface area contributed by atoms with Crippen LogP contribution < -0.4 is 5.14 Å². The van der Waals surface area contributed by atoms with Gasteiger partial charge in [-0.1, -0.05) is 19.3 Å². The minimum absolute atomic E-state index is 0.108. The Bertz CT molecular complexity index is 623. The minimum atomic E-state index is -3.97. The van der Waals surface area contributed by atoms with Gasteiger partial charge in [0.15, 0.2) is 0 Å². The van der Waals surface area contributed by atoms with E-state index in [1.807, 2.05) is 0 Å². The molecule has 1 amide bonds. The van der Waals surface area contributed by atoms with E-state index in [9.17, 15) is 17.6 Å². The Hall–Kier alpha value is -1.47. The average molecular weight is 314 g/mol. The lowest BCUT2D eigenvalue weighted by Gasteiger charge is -2.25. The first kappa shape index (κ1) is 15.9. The van der Waals surface area contributed by atoms with E-state index >= 15 is 0 Å². The zero-order chi connectivity index (χ0) is 15.5. The van der Waals surface area contributed by atoms with Crippen molar-refractivity contribution in [3.8, 4) is 0 Å². The summed E-state index contributed by atoms with van der Waals surface area (Å²) < 4.78 is 36.3. The number of hydrogen-bond donors (Lipinski definition) is 1. The van der Waals surface area contributed by atoms with Crippen LogP contribution in [-0.2, 0) is 10.0 Å². The topological polar surface area (TPSA) is 80.5 Å². The summed E-state index contributed by atoms with van der Waals surface area (Å²) in [7, 11) is -3.97. The van der Waals surface area contributed by atoms with E-state index in [1.165, 1.54) is 12.5 Å². The molecular weight excluding hydrogens is 295 g/mol. The van der Waals surface area contributed by atoms with Crippen molar-refractivity contribution in [1.82, 2.24) is 4.90 Å². The van der Waals surface area contributed by atoms with Crippen LogP contribution in [0.3, 0.4) is 0 Å². The maximum Gasteiger partial charge on any atom is 0.256 e. The molecule has 1 fully saturated rings. The molecule has 0 unspecified atom stereocenters. The van der Waals surface area contributed by atoms with Crippen LogP contribution in [0, 0.1) is 5.82 Å². The van der Waals surface area contributed by atoms with Crippen molar-refractivity contribution in [3.05, 3.63) is 29.6 Å². The highest BCUT2D eigenvalue weighted by atomic mass is 32.2. The van der Waals surface area contributed by atoms with Gasteiger partial charge >= 0.3 is 0 Å². The molecular formula is C14H19FN2O3S. The Morgan fingerprint density at radius 2 is 1.67 bits per heavy atom. The lowest BCUT2D eigenvalue weighted by molar-refractivity contribution is 0.0737. The van der Waals surface area contributed by atoms with Crippen LogP contribution in [0.1, 0.15) is 42.5 Å². The van der Waals surface area contributed by atoms with Crippen molar-refractivity contribution < 1.29 is 17.6 Å². The third-order valence-corrected chi connectivity index (χ3v) is 4.55. The van der Waals surface area contributed by atoms with Crippen molar-refractivity contribution in [2.45, 2.75) is 37.0 Å². The lowest BCUT2D eigenvalue weighted by Crippen LogP contribution is -2.34. The molecule has 0 bridgehead atoms. The SMILES string of the molecule is NS(=O)(=O)c1ccc(C(=O)N2CCCCCCC2)c(F)c1. The van der Waals surface area contributed by atoms with Gasteiger partial charge in [0.1, 0.15) is 5.82 Å². The molecule has 2 rings (SSSR count). The number of carbonyl (C=O) groups excluding carboxylic acids is 1. The molecule has 2 N–H and O–H groups in total. The molecule has 0 atom stereocenters. The van der Waals surface area contributed by atoms with Crippen molar-refractivity contribution in [3.63, 3.8) is 0 Å². The second-order valence-corrected chi connectivity index (χ2v) is 6.81. The van der Waals surface area contributed by atoms with E-state index in [4.69, 9.17) is 5.14 Å². The van der Waals surface area contributed by atoms with Crippen molar-refractivity contribution in [1.29, 1.82) is 0 Å². The highest BCUT2D eigenvalue weighted by molar-refractivity contribution is 7.89. The first-order chi connectivity index (χ1) is 9.89. The number of rotatable bonds is 2. The van der Waals surface area contributed by atoms with Crippen LogP contribution in [0.2, 0.25) is 0 Å². The third-order valence-electron chi connectivity index (χ3n) is 3.64. The number of primary sulfonamides is 1. The van der Waals surface area contributed by atoms with E-state index in [-0.39, 0.29) is 10.5 Å². The van der Waals surface area contributed by atoms with Crippen LogP contribution in [-0.4, -0.2) is 32.3 Å². The van der Waals surface area contributed by atoms with E-state index in [1.54, 1.807) is 4.90 Å². The molecule has 1 aliphatic heterocycles. The Labute approximate surface area is 124 Å². The van der Waals surface area contributed by atoms with Crippen LogP contribution in [0.15, 0.2) is 23.1 Å². The maximum absolute atomic E-state index is 14.0. The van der Waals surface area contributed by atoms with E-state index in [2.05, 4.69) is 0 Å². The molecule has 1 aliphatic rings. The molecule has 1 heterocycles. The van der Waals surface area contributed by atoms with Gasteiger partial charge in [0.05, 0.1) is 10.5 Å². The molecule has 0 radical (unpaired) electrons. The van der Waals surface area contributed by atoms with Gasteiger partial charge in [0.25, 0.3) is 5.91 Å². The van der Waals surface area contributed by atoms with Crippen LogP contribution in [0.25, 0.3) is 0 Å². The third kappa shape index (κ3) is 4.01. The largest absolute Gasteiger partial charge is 0.339 e. The number of benzene rings is 1. The number of sulfonamides is 1. The summed E-state index contributed by atoms with van der Waals surface area (Å²) in [4.78, 5) is 13.7. The molecule has 21 heavy (non-hydrogen) atoms. The fraction of sp³-hybridized carbons (Fsp3) is 0.500. The minimum Gasteiger partial charge on any atom is -0.339 e. The first-order valence-corrected chi connectivity index (χ1v) is 8.56. The van der Waals surface area contributed by atoms with Crippen LogP contribution >= 0.6 is 0 Å². The Morgan fingerprint density at radius 1 is 1.10 bits per heavy atom. The van der Waals surface area contributed by atoms with Crippen LogP contribution in [0.4, 0.5) is 4.39 Å². The van der Waals surface area contributed by atoms with Gasteiger partial charge in [-0.05, 0) is 31.0 Å². The Morgan fingerprint density at radius 3 is 2.19 bits per heavy atom. The van der Waals surface area contributed by atoms with E-state index < -0.39 is 21.7 Å². The van der Waals surface area contributed by atoms with Crippen molar-refractivity contribution in [2.24, 2.45) is 5.14 Å². The summed E-state index contributed by atoms with van der Waals surface area (Å²) in [5.74, 6) is -1.25. The van der Waals surface area contributed by atoms with E-state index in [0.717, 1.165) is 37.8 Å². The van der Waals surface area contributed by atoms with Gasteiger partial charge in [-0.2, -0.15) is 0 Å². The molecule has 5 nitrogen and oxygen atoms in total. The number of carbonyl (C=O) groups is 1. The highest BCUT2D eigenvalue weighted by Gasteiger charge is 2.21. The zero-order valence-electron chi connectivity index (χ0n) is 11.7. The Kier molecular flexibility index (Phi) is 4.95. The summed E-state index contributed by atoms with van der Waals surface area (Å²) in [6, 6.07) is 3.15. The summed E-state index contributed by atoms with van der Waals surface area (Å²) in [5, 5.41) is 4.94. The molecule has 1 saturated heterocycles. The highest BCUT2D eigenvalue weighted by Crippen LogP contribution is 2.18. The Balaban J connectivity index is 2.22. The van der Waals surface area contributed by atoms with Gasteiger partial charge in [0.2, 0.25) is 10.0 Å². The number of nitrogens with two attached hydrogens (primary N) is 1. The number of amides is 1. The fourth-order valence-corrected chi connectivity index (χ4v) is 2.99. The second kappa shape index (κ2) is 6.53. The van der Waals surface area contributed by atoms with Gasteiger partial charge < -0.3 is 4.90 Å². The normalized spacial score (nSPS) is 17.1. The first-order valence-electron chi connectivity index (χ1n) is 7.01. The molecule has 7 heteroatoms. The van der Waals surface area contributed by atoms with Gasteiger partial charge in [0, 0.05) is 13.1 Å². The van der Waals surface area contributed by atoms with Crippen LogP contribution in [0.5, 0.6) is 0 Å². The van der Waals surface area contributed by atoms with Crippen molar-refractivity contribution >= 4 is 15.9 Å². The molecule has 0 aromatic heterocycles. The number of hydrogen-bond acceptors (Lipinski definition) is 3. The van der Waals surface area contributed by atoms with Gasteiger partial charge in [-0.3, -0.25) is 4.79 Å². The number of halogens is 1. The molecule has 0 aliphatic carbocycles. The molecule has 0 spiro atoms. The van der Waals surface area contributed by atoms with Crippen molar-refractivity contribution in [2.75, 3.05) is 13.1 Å². The predicted octanol–water partition coefficient (Wildman–Crippen LogP) is 1.88. The van der Waals surface area contributed by atoms with Gasteiger partial charge in [-0.15, -0.1) is 0 Å². The fourth-order valence-electron chi connectivity index (χ4n) is 2.47. The quantitative estimate of drug-likeness (QED) is 0.905. The smallest absolute Gasteiger partial charge is 0.256 e. The summed E-state index contributed by atoms with van der Waals surface area (Å²) in [6.07, 6.45) is 5.11. The second-order valence-electron chi connectivity index (χ2n) is 5.25. The maximum atomic E-state index is 14.0. The predicted molar refractivity (Wildman–Crippen MR) is 76.8 cm³/mol. The summed E-state index contributed by atoms with van der Waals surface area (Å²) in [5.41, 5.74) is -0.108. The molecule has 1 aromatic rings. The summed E-state index contributed by atoms with van der Waals surface area (Å²) in [6.45, 7) is 1.21. The zero-order valence-corrected chi connectivity index (χ0v) is 12.5. The van der Waals surface area contributed by atoms with E-state index in [0.29, 0.717) is 13.1 Å². The standard InChI is InChI=1S/C14H19FN2O3S/c15-13-10-11(21(16,19)20)6-7-12(13)14(18)17-8-4-2-1-3-5-9-17/h6-7,10H,1-5,8-9H2,(H2,16,19,20). The molecule has 1 aromatic carbocycles. The number of likely N-dealkylation sites (tertiary alicyclic amines) is 1. The van der Waals surface area contributed by atoms with Gasteiger partial charge in [-0.25, -0.2) is 17.9 Å². The molecule has 116 valence electrons. The monoisotopic (exact) mass is 314 g/mol. The lowest BCUT2D eigenvalue weighted by atomic mass is 10.1. The average Bonchev–Trinajstić information content (AvgIpc) is 2.36. The molecule has 0 saturated carbocycles.